The van der Waals surface area contributed by atoms with Crippen LogP contribution in [0.4, 0.5) is 10.7 Å². The maximum absolute atomic E-state index is 12.4. The molecule has 166 valence electrons. The highest BCUT2D eigenvalue weighted by Crippen LogP contribution is 2.31. The van der Waals surface area contributed by atoms with Crippen molar-refractivity contribution in [2.45, 2.75) is 6.42 Å². The van der Waals surface area contributed by atoms with Crippen LogP contribution >= 0.6 is 35.2 Å². The first-order chi connectivity index (χ1) is 15.5. The fourth-order valence-electron chi connectivity index (χ4n) is 3.70. The quantitative estimate of drug-likeness (QED) is 0.391. The Morgan fingerprint density at radius 1 is 1.09 bits per heavy atom. The van der Waals surface area contributed by atoms with E-state index in [1.807, 2.05) is 42.5 Å². The third-order valence-corrected chi connectivity index (χ3v) is 7.02. The summed E-state index contributed by atoms with van der Waals surface area (Å²) in [4.78, 5) is 17.9. The highest BCUT2D eigenvalue weighted by Gasteiger charge is 2.23. The highest BCUT2D eigenvalue weighted by atomic mass is 35.5. The number of carbonyl (C=O) groups excluding carboxylic acids is 1. The minimum absolute atomic E-state index is 0.364. The number of halogens is 1. The van der Waals surface area contributed by atoms with Crippen LogP contribution in [0.2, 0.25) is 5.02 Å². The summed E-state index contributed by atoms with van der Waals surface area (Å²) in [5, 5.41) is 5.38. The van der Waals surface area contributed by atoms with E-state index in [0.29, 0.717) is 10.7 Å². The number of thiophene rings is 1. The molecule has 0 aliphatic carbocycles. The van der Waals surface area contributed by atoms with Gasteiger partial charge in [0.15, 0.2) is 5.11 Å². The Balaban J connectivity index is 1.42. The van der Waals surface area contributed by atoms with E-state index in [4.69, 9.17) is 28.6 Å². The van der Waals surface area contributed by atoms with Crippen LogP contribution in [-0.4, -0.2) is 49.3 Å². The maximum Gasteiger partial charge on any atom is 0.340 e. The summed E-state index contributed by atoms with van der Waals surface area (Å²) in [5.41, 5.74) is 2.83. The molecule has 3 aromatic rings. The molecule has 0 atom stereocenters. The van der Waals surface area contributed by atoms with Crippen molar-refractivity contribution in [3.05, 3.63) is 81.7 Å². The molecule has 8 heteroatoms. The molecule has 2 aromatic carbocycles. The molecule has 0 spiro atoms. The molecule has 2 heterocycles. The van der Waals surface area contributed by atoms with Crippen molar-refractivity contribution in [1.29, 1.82) is 0 Å². The van der Waals surface area contributed by atoms with Gasteiger partial charge in [0.05, 0.1) is 12.7 Å². The predicted molar refractivity (Wildman–Crippen MR) is 136 cm³/mol. The Morgan fingerprint density at radius 2 is 1.84 bits per heavy atom. The zero-order valence-electron chi connectivity index (χ0n) is 17.7. The zero-order chi connectivity index (χ0) is 22.5. The molecule has 0 bridgehead atoms. The first-order valence-corrected chi connectivity index (χ1v) is 11.9. The van der Waals surface area contributed by atoms with Crippen molar-refractivity contribution in [2.75, 3.05) is 43.5 Å². The van der Waals surface area contributed by atoms with E-state index in [9.17, 15) is 4.79 Å². The number of hydrogen-bond acceptors (Lipinski definition) is 5. The highest BCUT2D eigenvalue weighted by molar-refractivity contribution is 7.80. The van der Waals surface area contributed by atoms with Crippen LogP contribution in [0.3, 0.4) is 0 Å². The van der Waals surface area contributed by atoms with Crippen molar-refractivity contribution < 1.29 is 9.53 Å². The molecule has 1 aliphatic rings. The van der Waals surface area contributed by atoms with Gasteiger partial charge in [-0.1, -0.05) is 48.0 Å². The summed E-state index contributed by atoms with van der Waals surface area (Å²) in [6.07, 6.45) is 0.752. The normalized spacial score (nSPS) is 13.7. The monoisotopic (exact) mass is 485 g/mol. The maximum atomic E-state index is 12.4. The van der Waals surface area contributed by atoms with Gasteiger partial charge in [-0.05, 0) is 42.0 Å². The number of nitrogens with zero attached hydrogens (tertiary/aromatic N) is 2. The van der Waals surface area contributed by atoms with Crippen LogP contribution in [0.5, 0.6) is 0 Å². The summed E-state index contributed by atoms with van der Waals surface area (Å²) in [7, 11) is 1.40. The van der Waals surface area contributed by atoms with Gasteiger partial charge in [0.25, 0.3) is 0 Å². The molecule has 1 saturated heterocycles. The van der Waals surface area contributed by atoms with Crippen LogP contribution in [-0.2, 0) is 11.2 Å². The Morgan fingerprint density at radius 3 is 2.53 bits per heavy atom. The van der Waals surface area contributed by atoms with Crippen molar-refractivity contribution >= 4 is 56.9 Å². The Bertz CT molecular complexity index is 1100. The third-order valence-electron chi connectivity index (χ3n) is 5.37. The summed E-state index contributed by atoms with van der Waals surface area (Å²) in [6, 6.07) is 20.0. The van der Waals surface area contributed by atoms with E-state index in [-0.39, 0.29) is 5.97 Å². The average molecular weight is 486 g/mol. The smallest absolute Gasteiger partial charge is 0.340 e. The molecule has 0 radical (unpaired) electrons. The molecule has 0 saturated carbocycles. The number of methoxy groups -OCH3 is 1. The topological polar surface area (TPSA) is 44.8 Å². The first kappa shape index (κ1) is 22.6. The zero-order valence-corrected chi connectivity index (χ0v) is 20.1. The summed E-state index contributed by atoms with van der Waals surface area (Å²) < 4.78 is 4.99. The van der Waals surface area contributed by atoms with Gasteiger partial charge < -0.3 is 19.9 Å². The van der Waals surface area contributed by atoms with E-state index >= 15 is 0 Å². The van der Waals surface area contributed by atoms with Crippen molar-refractivity contribution in [1.82, 2.24) is 4.90 Å². The van der Waals surface area contributed by atoms with E-state index in [1.165, 1.54) is 24.0 Å². The lowest BCUT2D eigenvalue weighted by Crippen LogP contribution is -2.50. The Kier molecular flexibility index (Phi) is 7.29. The van der Waals surface area contributed by atoms with E-state index in [1.54, 1.807) is 0 Å². The minimum atomic E-state index is -0.364. The lowest BCUT2D eigenvalue weighted by molar-refractivity contribution is 0.0602. The van der Waals surface area contributed by atoms with Crippen molar-refractivity contribution in [2.24, 2.45) is 0 Å². The summed E-state index contributed by atoms with van der Waals surface area (Å²) in [5.74, 6) is -0.364. The van der Waals surface area contributed by atoms with Crippen LogP contribution in [0, 0.1) is 0 Å². The molecule has 0 amide bonds. The lowest BCUT2D eigenvalue weighted by atomic mass is 10.1. The Hall–Kier alpha value is -2.61. The van der Waals surface area contributed by atoms with Gasteiger partial charge in [-0.15, -0.1) is 11.3 Å². The molecule has 4 rings (SSSR count). The molecular formula is C24H24ClN3O2S2. The van der Waals surface area contributed by atoms with E-state index < -0.39 is 0 Å². The standard InChI is InChI=1S/C24H24ClN3O2S2/c1-30-23(29)21-16-20(14-17-6-3-2-4-7-17)32-22(21)26-24(31)28-12-10-27(11-13-28)19-9-5-8-18(25)15-19/h2-9,15-16H,10-14H2,1H3,(H,26,31). The largest absolute Gasteiger partial charge is 0.465 e. The van der Waals surface area contributed by atoms with Crippen molar-refractivity contribution in [3.8, 4) is 0 Å². The van der Waals surface area contributed by atoms with Gasteiger partial charge in [-0.25, -0.2) is 4.79 Å². The molecule has 1 aliphatic heterocycles. The molecule has 32 heavy (non-hydrogen) atoms. The van der Waals surface area contributed by atoms with Crippen LogP contribution < -0.4 is 10.2 Å². The number of benzene rings is 2. The van der Waals surface area contributed by atoms with E-state index in [2.05, 4.69) is 33.3 Å². The summed E-state index contributed by atoms with van der Waals surface area (Å²) >= 11 is 13.4. The number of piperazine rings is 1. The SMILES string of the molecule is COC(=O)c1cc(Cc2ccccc2)sc1NC(=S)N1CCN(c2cccc(Cl)c2)CC1. The molecule has 5 nitrogen and oxygen atoms in total. The molecule has 1 aromatic heterocycles. The van der Waals surface area contributed by atoms with Crippen LogP contribution in [0.15, 0.2) is 60.7 Å². The van der Waals surface area contributed by atoms with Gasteiger partial charge in [0.2, 0.25) is 0 Å². The van der Waals surface area contributed by atoms with Crippen LogP contribution in [0.1, 0.15) is 20.8 Å². The number of esters is 1. The number of rotatable bonds is 5. The molecule has 1 N–H and O–H groups in total. The minimum Gasteiger partial charge on any atom is -0.465 e. The van der Waals surface area contributed by atoms with Gasteiger partial charge in [0.1, 0.15) is 5.00 Å². The second-order valence-corrected chi connectivity index (χ2v) is 9.45. The molecular weight excluding hydrogens is 462 g/mol. The van der Waals surface area contributed by atoms with Gasteiger partial charge in [-0.3, -0.25) is 0 Å². The second kappa shape index (κ2) is 10.3. The number of thiocarbonyl (C=S) groups is 1. The van der Waals surface area contributed by atoms with Gasteiger partial charge >= 0.3 is 5.97 Å². The second-order valence-electron chi connectivity index (χ2n) is 7.49. The first-order valence-electron chi connectivity index (χ1n) is 10.3. The number of ether oxygens (including phenoxy) is 1. The number of anilines is 2. The third kappa shape index (κ3) is 5.41. The fourth-order valence-corrected chi connectivity index (χ4v) is 5.31. The predicted octanol–water partition coefficient (Wildman–Crippen LogP) is 5.30. The van der Waals surface area contributed by atoms with Crippen molar-refractivity contribution in [3.63, 3.8) is 0 Å². The van der Waals surface area contributed by atoms with Crippen LogP contribution in [0.25, 0.3) is 0 Å². The number of carbonyl (C=O) groups is 1. The molecule has 1 fully saturated rings. The molecule has 0 unspecified atom stereocenters. The Labute approximate surface area is 202 Å². The lowest BCUT2D eigenvalue weighted by Gasteiger charge is -2.37. The van der Waals surface area contributed by atoms with Gasteiger partial charge in [0, 0.05) is 48.2 Å². The number of hydrogen-bond donors (Lipinski definition) is 1. The van der Waals surface area contributed by atoms with E-state index in [0.717, 1.165) is 53.2 Å². The number of nitrogens with one attached hydrogen (secondary N) is 1. The van der Waals surface area contributed by atoms with Gasteiger partial charge in [-0.2, -0.15) is 0 Å². The fraction of sp³-hybridized carbons (Fsp3) is 0.250. The average Bonchev–Trinajstić information content (AvgIpc) is 3.21. The summed E-state index contributed by atoms with van der Waals surface area (Å²) in [6.45, 7) is 3.26.